The molecule has 1 aromatic rings. The highest BCUT2D eigenvalue weighted by atomic mass is 35.5. The lowest BCUT2D eigenvalue weighted by molar-refractivity contribution is -0.142. The Balaban J connectivity index is 2.42. The molecule has 21 heavy (non-hydrogen) atoms. The Morgan fingerprint density at radius 3 is 2.48 bits per heavy atom. The summed E-state index contributed by atoms with van der Waals surface area (Å²) >= 11 is 5.79. The van der Waals surface area contributed by atoms with E-state index in [1.165, 1.54) is 7.11 Å². The highest BCUT2D eigenvalue weighted by molar-refractivity contribution is 6.30. The Bertz CT molecular complexity index is 475. The van der Waals surface area contributed by atoms with Crippen LogP contribution in [0, 0.1) is 0 Å². The van der Waals surface area contributed by atoms with Crippen LogP contribution < -0.4 is 4.74 Å². The summed E-state index contributed by atoms with van der Waals surface area (Å²) in [5.74, 6) is 0.166. The number of carbonyl (C=O) groups excluding carboxylic acids is 2. The first-order valence-corrected chi connectivity index (χ1v) is 7.06. The second-order valence-corrected chi connectivity index (χ2v) is 5.09. The summed E-state index contributed by atoms with van der Waals surface area (Å²) in [5, 5.41) is 0.612. The van der Waals surface area contributed by atoms with Crippen molar-refractivity contribution in [3.05, 3.63) is 29.3 Å². The minimum Gasteiger partial charge on any atom is -0.481 e. The largest absolute Gasteiger partial charge is 0.481 e. The zero-order valence-corrected chi connectivity index (χ0v) is 13.2. The standard InChI is InChI=1S/C15H20ClNO4/c1-11(21-13-8-6-12(16)7-9-13)15(19)17(2)10-4-5-14(18)20-3/h6-9,11H,4-5,10H2,1-3H3. The van der Waals surface area contributed by atoms with Crippen molar-refractivity contribution in [2.45, 2.75) is 25.9 Å². The molecular weight excluding hydrogens is 294 g/mol. The summed E-state index contributed by atoms with van der Waals surface area (Å²) in [4.78, 5) is 24.7. The monoisotopic (exact) mass is 313 g/mol. The molecule has 0 spiro atoms. The highest BCUT2D eigenvalue weighted by Crippen LogP contribution is 2.17. The molecule has 1 amide bonds. The maximum absolute atomic E-state index is 12.1. The molecule has 0 fully saturated rings. The molecular formula is C15H20ClNO4. The maximum atomic E-state index is 12.1. The van der Waals surface area contributed by atoms with Gasteiger partial charge in [-0.15, -0.1) is 0 Å². The van der Waals surface area contributed by atoms with Crippen LogP contribution >= 0.6 is 11.6 Å². The van der Waals surface area contributed by atoms with E-state index in [0.29, 0.717) is 30.2 Å². The summed E-state index contributed by atoms with van der Waals surface area (Å²) in [5.41, 5.74) is 0. The third-order valence-electron chi connectivity index (χ3n) is 2.95. The van der Waals surface area contributed by atoms with Gasteiger partial charge in [0.05, 0.1) is 7.11 Å². The summed E-state index contributed by atoms with van der Waals surface area (Å²) in [6.45, 7) is 2.16. The van der Waals surface area contributed by atoms with Crippen molar-refractivity contribution in [2.24, 2.45) is 0 Å². The lowest BCUT2D eigenvalue weighted by Gasteiger charge is -2.22. The first-order valence-electron chi connectivity index (χ1n) is 6.68. The van der Waals surface area contributed by atoms with Crippen LogP contribution in [0.25, 0.3) is 0 Å². The molecule has 0 radical (unpaired) electrons. The number of ether oxygens (including phenoxy) is 2. The van der Waals surface area contributed by atoms with E-state index in [1.54, 1.807) is 43.1 Å². The van der Waals surface area contributed by atoms with Crippen molar-refractivity contribution in [3.63, 3.8) is 0 Å². The third-order valence-corrected chi connectivity index (χ3v) is 3.20. The molecule has 116 valence electrons. The minimum absolute atomic E-state index is 0.144. The Hall–Kier alpha value is -1.75. The molecule has 0 N–H and O–H groups in total. The minimum atomic E-state index is -0.602. The van der Waals surface area contributed by atoms with E-state index in [1.807, 2.05) is 0 Å². The average Bonchev–Trinajstić information content (AvgIpc) is 2.48. The summed E-state index contributed by atoms with van der Waals surface area (Å²) < 4.78 is 10.1. The number of amides is 1. The lowest BCUT2D eigenvalue weighted by atomic mass is 10.2. The van der Waals surface area contributed by atoms with Crippen LogP contribution in [0.4, 0.5) is 0 Å². The Morgan fingerprint density at radius 1 is 1.29 bits per heavy atom. The number of methoxy groups -OCH3 is 1. The third kappa shape index (κ3) is 6.04. The van der Waals surface area contributed by atoms with Gasteiger partial charge in [-0.25, -0.2) is 0 Å². The first kappa shape index (κ1) is 17.3. The van der Waals surface area contributed by atoms with Crippen molar-refractivity contribution in [2.75, 3.05) is 20.7 Å². The molecule has 0 saturated carbocycles. The molecule has 0 aliphatic carbocycles. The molecule has 0 bridgehead atoms. The lowest BCUT2D eigenvalue weighted by Crippen LogP contribution is -2.38. The van der Waals surface area contributed by atoms with Crippen LogP contribution in [0.5, 0.6) is 5.75 Å². The summed E-state index contributed by atoms with van der Waals surface area (Å²) in [6.07, 6.45) is 0.248. The van der Waals surface area contributed by atoms with Gasteiger partial charge in [0, 0.05) is 25.0 Å². The van der Waals surface area contributed by atoms with E-state index in [4.69, 9.17) is 16.3 Å². The molecule has 1 rings (SSSR count). The molecule has 0 saturated heterocycles. The van der Waals surface area contributed by atoms with E-state index >= 15 is 0 Å². The van der Waals surface area contributed by atoms with Gasteiger partial charge in [0.25, 0.3) is 5.91 Å². The predicted octanol–water partition coefficient (Wildman–Crippen LogP) is 2.52. The molecule has 1 aromatic carbocycles. The fraction of sp³-hybridized carbons (Fsp3) is 0.467. The normalized spacial score (nSPS) is 11.6. The zero-order chi connectivity index (χ0) is 15.8. The van der Waals surface area contributed by atoms with Gasteiger partial charge in [-0.2, -0.15) is 0 Å². The molecule has 0 aliphatic rings. The second kappa shape index (κ2) is 8.52. The van der Waals surface area contributed by atoms with E-state index in [-0.39, 0.29) is 11.9 Å². The average molecular weight is 314 g/mol. The molecule has 0 aliphatic heterocycles. The van der Waals surface area contributed by atoms with Crippen molar-refractivity contribution in [1.82, 2.24) is 4.90 Å². The molecule has 1 unspecified atom stereocenters. The van der Waals surface area contributed by atoms with Gasteiger partial charge < -0.3 is 14.4 Å². The number of esters is 1. The molecule has 0 aromatic heterocycles. The van der Waals surface area contributed by atoms with E-state index in [9.17, 15) is 9.59 Å². The van der Waals surface area contributed by atoms with Gasteiger partial charge in [0.1, 0.15) is 5.75 Å². The van der Waals surface area contributed by atoms with Crippen LogP contribution in [0.15, 0.2) is 24.3 Å². The van der Waals surface area contributed by atoms with Gasteiger partial charge >= 0.3 is 5.97 Å². The van der Waals surface area contributed by atoms with Crippen LogP contribution in [0.2, 0.25) is 5.02 Å². The highest BCUT2D eigenvalue weighted by Gasteiger charge is 2.19. The van der Waals surface area contributed by atoms with E-state index in [0.717, 1.165) is 0 Å². The zero-order valence-electron chi connectivity index (χ0n) is 12.5. The Kier molecular flexibility index (Phi) is 7.02. The molecule has 1 atom stereocenters. The fourth-order valence-corrected chi connectivity index (χ4v) is 1.88. The van der Waals surface area contributed by atoms with Crippen molar-refractivity contribution < 1.29 is 19.1 Å². The number of hydrogen-bond donors (Lipinski definition) is 0. The van der Waals surface area contributed by atoms with Crippen molar-refractivity contribution >= 4 is 23.5 Å². The Morgan fingerprint density at radius 2 is 1.90 bits per heavy atom. The number of halogens is 1. The van der Waals surface area contributed by atoms with Gasteiger partial charge in [-0.05, 0) is 37.6 Å². The first-order chi connectivity index (χ1) is 9.93. The van der Waals surface area contributed by atoms with Crippen molar-refractivity contribution in [1.29, 1.82) is 0 Å². The second-order valence-electron chi connectivity index (χ2n) is 4.65. The van der Waals surface area contributed by atoms with Crippen LogP contribution in [0.3, 0.4) is 0 Å². The van der Waals surface area contributed by atoms with Gasteiger partial charge in [-0.3, -0.25) is 9.59 Å². The predicted molar refractivity (Wildman–Crippen MR) is 80.4 cm³/mol. The maximum Gasteiger partial charge on any atom is 0.305 e. The van der Waals surface area contributed by atoms with Crippen LogP contribution in [-0.2, 0) is 14.3 Å². The van der Waals surface area contributed by atoms with E-state index < -0.39 is 6.10 Å². The fourth-order valence-electron chi connectivity index (χ4n) is 1.75. The smallest absolute Gasteiger partial charge is 0.305 e. The SMILES string of the molecule is COC(=O)CCCN(C)C(=O)C(C)Oc1ccc(Cl)cc1. The van der Waals surface area contributed by atoms with Crippen LogP contribution in [0.1, 0.15) is 19.8 Å². The molecule has 6 heteroatoms. The number of hydrogen-bond acceptors (Lipinski definition) is 4. The summed E-state index contributed by atoms with van der Waals surface area (Å²) in [7, 11) is 3.03. The van der Waals surface area contributed by atoms with Gasteiger partial charge in [0.2, 0.25) is 0 Å². The molecule has 5 nitrogen and oxygen atoms in total. The number of likely N-dealkylation sites (N-methyl/N-ethyl adjacent to an activating group) is 1. The molecule has 0 heterocycles. The number of carbonyl (C=O) groups is 2. The number of nitrogens with zero attached hydrogens (tertiary/aromatic N) is 1. The number of benzene rings is 1. The quantitative estimate of drug-likeness (QED) is 0.726. The van der Waals surface area contributed by atoms with Crippen LogP contribution in [-0.4, -0.2) is 43.6 Å². The number of rotatable bonds is 7. The van der Waals surface area contributed by atoms with E-state index in [2.05, 4.69) is 4.74 Å². The van der Waals surface area contributed by atoms with Crippen molar-refractivity contribution in [3.8, 4) is 5.75 Å². The van der Waals surface area contributed by atoms with Gasteiger partial charge in [-0.1, -0.05) is 11.6 Å². The Labute approximate surface area is 129 Å². The van der Waals surface area contributed by atoms with Gasteiger partial charge in [0.15, 0.2) is 6.10 Å². The topological polar surface area (TPSA) is 55.8 Å². The summed E-state index contributed by atoms with van der Waals surface area (Å²) in [6, 6.07) is 6.83.